The number of nitrogens with two attached hydrogens (primary N) is 1. The van der Waals surface area contributed by atoms with Gasteiger partial charge in [-0.3, -0.25) is 19.2 Å². The molecule has 2 aromatic rings. The van der Waals surface area contributed by atoms with Gasteiger partial charge in [0, 0.05) is 23.5 Å². The van der Waals surface area contributed by atoms with Crippen molar-refractivity contribution in [2.45, 2.75) is 51.2 Å². The molecule has 1 heterocycles. The summed E-state index contributed by atoms with van der Waals surface area (Å²) in [7, 11) is 0. The van der Waals surface area contributed by atoms with Crippen molar-refractivity contribution in [1.82, 2.24) is 20.9 Å². The van der Waals surface area contributed by atoms with Crippen LogP contribution in [0.3, 0.4) is 0 Å². The maximum Gasteiger partial charge on any atom is 0.326 e. The predicted molar refractivity (Wildman–Crippen MR) is 126 cm³/mol. The van der Waals surface area contributed by atoms with Crippen molar-refractivity contribution in [1.29, 1.82) is 0 Å². The molecule has 0 spiro atoms. The van der Waals surface area contributed by atoms with E-state index in [9.17, 15) is 29.1 Å². The molecule has 1 aromatic heterocycles. The van der Waals surface area contributed by atoms with Crippen LogP contribution in [0.4, 0.5) is 0 Å². The van der Waals surface area contributed by atoms with E-state index in [1.165, 1.54) is 0 Å². The van der Waals surface area contributed by atoms with Gasteiger partial charge in [0.2, 0.25) is 17.7 Å². The normalized spacial score (nSPS) is 14.4. The van der Waals surface area contributed by atoms with Crippen LogP contribution < -0.4 is 21.7 Å². The number of para-hydroxylation sites is 1. The number of aromatic amines is 1. The molecule has 8 N–H and O–H groups in total. The largest absolute Gasteiger partial charge is 0.481 e. The Labute approximate surface area is 201 Å². The van der Waals surface area contributed by atoms with E-state index in [4.69, 9.17) is 10.8 Å². The molecule has 4 unspecified atom stereocenters. The maximum atomic E-state index is 12.9. The highest BCUT2D eigenvalue weighted by Gasteiger charge is 2.29. The summed E-state index contributed by atoms with van der Waals surface area (Å²) < 4.78 is 0. The lowest BCUT2D eigenvalue weighted by molar-refractivity contribution is -0.147. The Balaban J connectivity index is 2.17. The number of benzene rings is 1. The highest BCUT2D eigenvalue weighted by Crippen LogP contribution is 2.19. The van der Waals surface area contributed by atoms with Crippen LogP contribution >= 0.6 is 0 Å². The van der Waals surface area contributed by atoms with Crippen molar-refractivity contribution in [2.24, 2.45) is 11.7 Å². The SMILES string of the molecule is CCC(C)C(N)C(=O)NCC(=O)NC(Cc1c[nH]c2ccccc12)C(=O)NC(CC(=O)O)C(=O)O. The van der Waals surface area contributed by atoms with E-state index >= 15 is 0 Å². The van der Waals surface area contributed by atoms with E-state index in [2.05, 4.69) is 20.9 Å². The van der Waals surface area contributed by atoms with Crippen molar-refractivity contribution in [3.63, 3.8) is 0 Å². The summed E-state index contributed by atoms with van der Waals surface area (Å²) in [5.41, 5.74) is 7.33. The first-order valence-corrected chi connectivity index (χ1v) is 11.2. The number of carboxylic acids is 2. The van der Waals surface area contributed by atoms with Gasteiger partial charge < -0.3 is 36.9 Å². The highest BCUT2D eigenvalue weighted by atomic mass is 16.4. The Morgan fingerprint density at radius 2 is 1.71 bits per heavy atom. The zero-order valence-electron chi connectivity index (χ0n) is 19.5. The summed E-state index contributed by atoms with van der Waals surface area (Å²) in [5, 5.41) is 26.1. The first-order valence-electron chi connectivity index (χ1n) is 11.2. The molecule has 0 aliphatic carbocycles. The molecule has 0 radical (unpaired) electrons. The molecule has 0 saturated heterocycles. The van der Waals surface area contributed by atoms with E-state index in [0.717, 1.165) is 10.9 Å². The fraction of sp³-hybridized carbons (Fsp3) is 0.435. The lowest BCUT2D eigenvalue weighted by Crippen LogP contribution is -2.55. The number of nitrogens with one attached hydrogen (secondary N) is 4. The summed E-state index contributed by atoms with van der Waals surface area (Å²) >= 11 is 0. The second-order valence-electron chi connectivity index (χ2n) is 8.31. The molecule has 0 fully saturated rings. The van der Waals surface area contributed by atoms with Crippen molar-refractivity contribution < 1.29 is 34.2 Å². The number of hydrogen-bond acceptors (Lipinski definition) is 6. The van der Waals surface area contributed by atoms with Crippen molar-refractivity contribution in [3.05, 3.63) is 36.0 Å². The van der Waals surface area contributed by atoms with Gasteiger partial charge in [-0.05, 0) is 17.5 Å². The van der Waals surface area contributed by atoms with Gasteiger partial charge in [-0.15, -0.1) is 0 Å². The van der Waals surface area contributed by atoms with Gasteiger partial charge in [0.25, 0.3) is 0 Å². The van der Waals surface area contributed by atoms with Gasteiger partial charge in [0.15, 0.2) is 0 Å². The number of H-pyrrole nitrogens is 1. The lowest BCUT2D eigenvalue weighted by Gasteiger charge is -2.22. The zero-order valence-corrected chi connectivity index (χ0v) is 19.5. The van der Waals surface area contributed by atoms with Crippen molar-refractivity contribution in [2.75, 3.05) is 6.54 Å². The second kappa shape index (κ2) is 12.5. The second-order valence-corrected chi connectivity index (χ2v) is 8.31. The average Bonchev–Trinajstić information content (AvgIpc) is 3.23. The Hall–Kier alpha value is -3.93. The van der Waals surface area contributed by atoms with E-state index < -0.39 is 60.8 Å². The van der Waals surface area contributed by atoms with Gasteiger partial charge in [-0.2, -0.15) is 0 Å². The fourth-order valence-corrected chi connectivity index (χ4v) is 3.42. The summed E-state index contributed by atoms with van der Waals surface area (Å²) in [4.78, 5) is 63.1. The number of aliphatic carboxylic acids is 2. The zero-order chi connectivity index (χ0) is 26.1. The third-order valence-electron chi connectivity index (χ3n) is 5.73. The summed E-state index contributed by atoms with van der Waals surface area (Å²) in [6, 6.07) is 3.55. The van der Waals surface area contributed by atoms with Crippen molar-refractivity contribution in [3.8, 4) is 0 Å². The van der Waals surface area contributed by atoms with Crippen LogP contribution in [0.5, 0.6) is 0 Å². The Morgan fingerprint density at radius 1 is 1.03 bits per heavy atom. The molecular formula is C23H31N5O7. The fourth-order valence-electron chi connectivity index (χ4n) is 3.42. The first kappa shape index (κ1) is 27.3. The van der Waals surface area contributed by atoms with Crippen LogP contribution in [-0.2, 0) is 30.4 Å². The number of hydrogen-bond donors (Lipinski definition) is 7. The number of carbonyl (C=O) groups is 5. The summed E-state index contributed by atoms with van der Waals surface area (Å²) in [5.74, 6) is -5.11. The molecule has 0 bridgehead atoms. The van der Waals surface area contributed by atoms with Crippen molar-refractivity contribution >= 4 is 40.6 Å². The Morgan fingerprint density at radius 3 is 2.34 bits per heavy atom. The molecule has 0 aliphatic heterocycles. The quantitative estimate of drug-likeness (QED) is 0.199. The molecule has 3 amide bonds. The van der Waals surface area contributed by atoms with Gasteiger partial charge in [0.05, 0.1) is 19.0 Å². The maximum absolute atomic E-state index is 12.9. The van der Waals surface area contributed by atoms with Crippen LogP contribution in [0.15, 0.2) is 30.5 Å². The third kappa shape index (κ3) is 7.81. The van der Waals surface area contributed by atoms with Gasteiger partial charge in [0.1, 0.15) is 12.1 Å². The molecule has 1 aromatic carbocycles. The molecule has 35 heavy (non-hydrogen) atoms. The average molecular weight is 490 g/mol. The molecule has 12 heteroatoms. The Bertz CT molecular complexity index is 1080. The van der Waals surface area contributed by atoms with E-state index in [1.54, 1.807) is 12.3 Å². The smallest absolute Gasteiger partial charge is 0.326 e. The highest BCUT2D eigenvalue weighted by molar-refractivity contribution is 5.94. The van der Waals surface area contributed by atoms with Crippen LogP contribution in [0.1, 0.15) is 32.3 Å². The van der Waals surface area contributed by atoms with Crippen LogP contribution in [0.25, 0.3) is 10.9 Å². The van der Waals surface area contributed by atoms with E-state index in [1.807, 2.05) is 32.0 Å². The number of rotatable bonds is 13. The standard InChI is InChI=1S/C23H31N5O7/c1-3-12(2)20(24)22(33)26-11-18(29)27-16(21(32)28-17(23(34)35)9-19(30)31)8-13-10-25-15-7-5-4-6-14(13)15/h4-7,10,12,16-17,20,25H,3,8-9,11,24H2,1-2H3,(H,26,33)(H,27,29)(H,28,32)(H,30,31)(H,34,35). The van der Waals surface area contributed by atoms with Crippen LogP contribution in [0, 0.1) is 5.92 Å². The molecule has 0 aliphatic rings. The molecule has 2 rings (SSSR count). The minimum atomic E-state index is -1.68. The van der Waals surface area contributed by atoms with E-state index in [0.29, 0.717) is 12.0 Å². The third-order valence-corrected chi connectivity index (χ3v) is 5.73. The molecule has 12 nitrogen and oxygen atoms in total. The molecular weight excluding hydrogens is 458 g/mol. The number of carboxylic acid groups (broad SMARTS) is 2. The molecule has 4 atom stereocenters. The van der Waals surface area contributed by atoms with Crippen LogP contribution in [0.2, 0.25) is 0 Å². The Kier molecular flexibility index (Phi) is 9.76. The van der Waals surface area contributed by atoms with Gasteiger partial charge >= 0.3 is 11.9 Å². The topological polar surface area (TPSA) is 204 Å². The minimum absolute atomic E-state index is 0.0126. The molecule has 0 saturated carbocycles. The minimum Gasteiger partial charge on any atom is -0.481 e. The number of amides is 3. The summed E-state index contributed by atoms with van der Waals surface area (Å²) in [6.45, 7) is 3.24. The monoisotopic (exact) mass is 489 g/mol. The van der Waals surface area contributed by atoms with E-state index in [-0.39, 0.29) is 12.3 Å². The number of carbonyl (C=O) groups excluding carboxylic acids is 3. The van der Waals surface area contributed by atoms with Gasteiger partial charge in [-0.25, -0.2) is 4.79 Å². The first-order chi connectivity index (χ1) is 16.5. The van der Waals surface area contributed by atoms with Gasteiger partial charge in [-0.1, -0.05) is 38.5 Å². The number of aromatic nitrogens is 1. The van der Waals surface area contributed by atoms with Crippen LogP contribution in [-0.4, -0.2) is 69.5 Å². The predicted octanol–water partition coefficient (Wildman–Crippen LogP) is -0.271. The molecule has 190 valence electrons. The lowest BCUT2D eigenvalue weighted by atomic mass is 9.99. The number of fused-ring (bicyclic) bond motifs is 1. The summed E-state index contributed by atoms with van der Waals surface area (Å²) in [6.07, 6.45) is 1.49.